The molecule has 1 aromatic heterocycles. The molecule has 1 aromatic carbocycles. The second-order valence-corrected chi connectivity index (χ2v) is 8.92. The van der Waals surface area contributed by atoms with Gasteiger partial charge in [0.25, 0.3) is 0 Å². The van der Waals surface area contributed by atoms with E-state index in [1.165, 1.54) is 30.6 Å². The summed E-state index contributed by atoms with van der Waals surface area (Å²) in [5, 5.41) is 4.87. The van der Waals surface area contributed by atoms with Crippen molar-refractivity contribution in [1.29, 1.82) is 0 Å². The van der Waals surface area contributed by atoms with Crippen LogP contribution in [0.15, 0.2) is 35.5 Å². The zero-order valence-electron chi connectivity index (χ0n) is 16.2. The second kappa shape index (κ2) is 9.47. The first-order valence-corrected chi connectivity index (χ1v) is 11.2. The van der Waals surface area contributed by atoms with E-state index in [0.717, 1.165) is 17.3 Å². The van der Waals surface area contributed by atoms with Crippen molar-refractivity contribution in [2.75, 3.05) is 31.7 Å². The number of carbonyl (C=O) groups is 2. The largest absolute Gasteiger partial charge is 0.468 e. The minimum absolute atomic E-state index is 0.0126. The van der Waals surface area contributed by atoms with Crippen LogP contribution in [0.4, 0.5) is 0 Å². The molecule has 2 heterocycles. The highest BCUT2D eigenvalue weighted by Crippen LogP contribution is 2.24. The molecule has 0 aliphatic carbocycles. The molecule has 1 saturated heterocycles. The van der Waals surface area contributed by atoms with Crippen LogP contribution in [0.2, 0.25) is 0 Å². The van der Waals surface area contributed by atoms with Gasteiger partial charge in [0.05, 0.1) is 18.6 Å². The normalized spacial score (nSPS) is 17.0. The van der Waals surface area contributed by atoms with Gasteiger partial charge in [-0.3, -0.25) is 9.59 Å². The monoisotopic (exact) mass is 420 g/mol. The maximum Gasteiger partial charge on any atom is 0.320 e. The Morgan fingerprint density at radius 2 is 2.07 bits per heavy atom. The van der Waals surface area contributed by atoms with E-state index in [4.69, 9.17) is 4.74 Å². The summed E-state index contributed by atoms with van der Waals surface area (Å²) < 4.78 is 6.64. The number of hydrogen-bond acceptors (Lipinski definition) is 7. The van der Waals surface area contributed by atoms with Crippen LogP contribution in [0.5, 0.6) is 0 Å². The van der Waals surface area contributed by atoms with Crippen molar-refractivity contribution in [3.8, 4) is 5.69 Å². The standard InChI is InChI=1S/C19H24N4O3S2/c1-13(2)17-20-19(21-23(17)14-7-5-4-6-8-14)28-12-16(24)22-9-10-27-15(11-22)18(25)26-3/h4-8,13,15H,9-12H2,1-3H3/t15-/m0/s1. The first-order chi connectivity index (χ1) is 13.5. The van der Waals surface area contributed by atoms with Crippen molar-refractivity contribution < 1.29 is 14.3 Å². The number of benzene rings is 1. The molecule has 9 heteroatoms. The molecule has 2 aromatic rings. The molecule has 0 saturated carbocycles. The van der Waals surface area contributed by atoms with Crippen molar-refractivity contribution in [2.45, 2.75) is 30.2 Å². The SMILES string of the molecule is COC(=O)[C@@H]1CN(C(=O)CSc2nc(C(C)C)n(-c3ccccc3)n2)CCS1. The van der Waals surface area contributed by atoms with Gasteiger partial charge >= 0.3 is 5.97 Å². The number of thioether (sulfide) groups is 2. The Balaban J connectivity index is 1.66. The van der Waals surface area contributed by atoms with Gasteiger partial charge in [0.2, 0.25) is 11.1 Å². The summed E-state index contributed by atoms with van der Waals surface area (Å²) in [5.74, 6) is 1.75. The van der Waals surface area contributed by atoms with Gasteiger partial charge in [0, 0.05) is 24.8 Å². The van der Waals surface area contributed by atoms with Gasteiger partial charge in [-0.25, -0.2) is 9.67 Å². The van der Waals surface area contributed by atoms with E-state index in [9.17, 15) is 9.59 Å². The maximum atomic E-state index is 12.6. The van der Waals surface area contributed by atoms with E-state index < -0.39 is 0 Å². The van der Waals surface area contributed by atoms with Crippen LogP contribution < -0.4 is 0 Å². The van der Waals surface area contributed by atoms with Gasteiger partial charge in [-0.15, -0.1) is 16.9 Å². The lowest BCUT2D eigenvalue weighted by atomic mass is 10.2. The van der Waals surface area contributed by atoms with Crippen LogP contribution >= 0.6 is 23.5 Å². The van der Waals surface area contributed by atoms with E-state index in [1.54, 1.807) is 4.90 Å². The molecule has 1 fully saturated rings. The summed E-state index contributed by atoms with van der Waals surface area (Å²) in [6.07, 6.45) is 0. The summed E-state index contributed by atoms with van der Waals surface area (Å²) in [6, 6.07) is 9.85. The molecule has 150 valence electrons. The average Bonchev–Trinajstić information content (AvgIpc) is 3.17. The smallest absolute Gasteiger partial charge is 0.320 e. The number of amides is 1. The molecule has 1 atom stereocenters. The molecule has 1 aliphatic rings. The first-order valence-electron chi connectivity index (χ1n) is 9.12. The van der Waals surface area contributed by atoms with E-state index in [0.29, 0.717) is 18.2 Å². The molecule has 1 amide bonds. The van der Waals surface area contributed by atoms with Gasteiger partial charge in [-0.1, -0.05) is 43.8 Å². The lowest BCUT2D eigenvalue weighted by molar-refractivity contribution is -0.141. The number of methoxy groups -OCH3 is 1. The van der Waals surface area contributed by atoms with E-state index in [-0.39, 0.29) is 28.8 Å². The number of esters is 1. The molecule has 0 spiro atoms. The first kappa shape index (κ1) is 20.7. The van der Waals surface area contributed by atoms with Crippen molar-refractivity contribution in [1.82, 2.24) is 19.7 Å². The number of aromatic nitrogens is 3. The van der Waals surface area contributed by atoms with Crippen LogP contribution in [0.1, 0.15) is 25.6 Å². The third-order valence-electron chi connectivity index (χ3n) is 4.34. The molecule has 28 heavy (non-hydrogen) atoms. The fourth-order valence-electron chi connectivity index (χ4n) is 2.87. The van der Waals surface area contributed by atoms with E-state index in [2.05, 4.69) is 23.9 Å². The second-order valence-electron chi connectivity index (χ2n) is 6.67. The van der Waals surface area contributed by atoms with Crippen LogP contribution in [-0.4, -0.2) is 68.5 Å². The van der Waals surface area contributed by atoms with Crippen molar-refractivity contribution in [3.05, 3.63) is 36.2 Å². The third kappa shape index (κ3) is 4.88. The van der Waals surface area contributed by atoms with Crippen LogP contribution in [0.3, 0.4) is 0 Å². The zero-order chi connectivity index (χ0) is 20.1. The number of hydrogen-bond donors (Lipinski definition) is 0. The molecule has 1 aliphatic heterocycles. The average molecular weight is 421 g/mol. The highest BCUT2D eigenvalue weighted by Gasteiger charge is 2.29. The number of ether oxygens (including phenoxy) is 1. The molecule has 0 N–H and O–H groups in total. The summed E-state index contributed by atoms with van der Waals surface area (Å²) >= 11 is 2.86. The number of carbonyl (C=O) groups excluding carboxylic acids is 2. The highest BCUT2D eigenvalue weighted by molar-refractivity contribution is 8.00. The van der Waals surface area contributed by atoms with Gasteiger partial charge in [0.15, 0.2) is 0 Å². The molecule has 3 rings (SSSR count). The van der Waals surface area contributed by atoms with Gasteiger partial charge in [-0.05, 0) is 12.1 Å². The third-order valence-corrected chi connectivity index (χ3v) is 6.32. The predicted octanol–water partition coefficient (Wildman–Crippen LogP) is 2.60. The van der Waals surface area contributed by atoms with Crippen LogP contribution in [0, 0.1) is 0 Å². The number of nitrogens with zero attached hydrogens (tertiary/aromatic N) is 4. The minimum Gasteiger partial charge on any atom is -0.468 e. The molecule has 0 unspecified atom stereocenters. The van der Waals surface area contributed by atoms with Crippen molar-refractivity contribution in [3.63, 3.8) is 0 Å². The van der Waals surface area contributed by atoms with Crippen LogP contribution in [0.25, 0.3) is 5.69 Å². The molecular formula is C19H24N4O3S2. The minimum atomic E-state index is -0.310. The fraction of sp³-hybridized carbons (Fsp3) is 0.474. The van der Waals surface area contributed by atoms with E-state index in [1.807, 2.05) is 35.0 Å². The Kier molecular flexibility index (Phi) is 7.01. The summed E-state index contributed by atoms with van der Waals surface area (Å²) in [6.45, 7) is 5.17. The lowest BCUT2D eigenvalue weighted by Crippen LogP contribution is -2.45. The number of rotatable bonds is 6. The Morgan fingerprint density at radius 1 is 1.32 bits per heavy atom. The highest BCUT2D eigenvalue weighted by atomic mass is 32.2. The van der Waals surface area contributed by atoms with Gasteiger partial charge in [-0.2, -0.15) is 0 Å². The summed E-state index contributed by atoms with van der Waals surface area (Å²) in [4.78, 5) is 30.7. The quantitative estimate of drug-likeness (QED) is 0.525. The molecule has 7 nitrogen and oxygen atoms in total. The zero-order valence-corrected chi connectivity index (χ0v) is 17.8. The van der Waals surface area contributed by atoms with E-state index >= 15 is 0 Å². The summed E-state index contributed by atoms with van der Waals surface area (Å²) in [7, 11) is 1.38. The molecule has 0 bridgehead atoms. The Labute approximate surface area is 173 Å². The van der Waals surface area contributed by atoms with Gasteiger partial charge in [0.1, 0.15) is 11.1 Å². The van der Waals surface area contributed by atoms with Crippen LogP contribution in [-0.2, 0) is 14.3 Å². The molecule has 0 radical (unpaired) electrons. The molecular weight excluding hydrogens is 396 g/mol. The Morgan fingerprint density at radius 3 is 2.75 bits per heavy atom. The predicted molar refractivity (Wildman–Crippen MR) is 111 cm³/mol. The fourth-order valence-corrected chi connectivity index (χ4v) is 4.73. The maximum absolute atomic E-state index is 12.6. The van der Waals surface area contributed by atoms with Crippen molar-refractivity contribution >= 4 is 35.4 Å². The lowest BCUT2D eigenvalue weighted by Gasteiger charge is -2.30. The Hall–Kier alpha value is -2.00. The van der Waals surface area contributed by atoms with Gasteiger partial charge < -0.3 is 9.64 Å². The summed E-state index contributed by atoms with van der Waals surface area (Å²) in [5.41, 5.74) is 0.950. The number of para-hydroxylation sites is 1. The Bertz CT molecular complexity index is 826. The topological polar surface area (TPSA) is 77.3 Å². The van der Waals surface area contributed by atoms with Crippen molar-refractivity contribution in [2.24, 2.45) is 0 Å².